The van der Waals surface area contributed by atoms with E-state index in [0.717, 1.165) is 13.0 Å². The molecule has 0 saturated heterocycles. The standard InChI is InChI=1S/C14H30N2O/c1-12(10-13(2,3)17-6)15-11-14(16(4)5)8-7-9-14/h12,15H,7-11H2,1-6H3. The lowest BCUT2D eigenvalue weighted by Gasteiger charge is -2.48. The van der Waals surface area contributed by atoms with Crippen molar-refractivity contribution < 1.29 is 4.74 Å². The van der Waals surface area contributed by atoms with Crippen LogP contribution in [-0.4, -0.2) is 49.8 Å². The van der Waals surface area contributed by atoms with Crippen molar-refractivity contribution in [3.05, 3.63) is 0 Å². The lowest BCUT2D eigenvalue weighted by atomic mass is 9.75. The first-order valence-corrected chi connectivity index (χ1v) is 6.77. The second-order valence-electron chi connectivity index (χ2n) is 6.42. The van der Waals surface area contributed by atoms with Gasteiger partial charge in [-0.15, -0.1) is 0 Å². The Balaban J connectivity index is 2.35. The Kier molecular flexibility index (Phi) is 4.99. The maximum atomic E-state index is 5.48. The molecule has 0 bridgehead atoms. The normalized spacial score (nSPS) is 21.4. The number of hydrogen-bond acceptors (Lipinski definition) is 3. The van der Waals surface area contributed by atoms with Crippen LogP contribution in [0, 0.1) is 0 Å². The first-order chi connectivity index (χ1) is 7.81. The van der Waals surface area contributed by atoms with Crippen LogP contribution in [0.1, 0.15) is 46.5 Å². The molecule has 1 aliphatic carbocycles. The Hall–Kier alpha value is -0.120. The summed E-state index contributed by atoms with van der Waals surface area (Å²) in [5.74, 6) is 0. The minimum atomic E-state index is -0.0304. The fraction of sp³-hybridized carbons (Fsp3) is 1.00. The van der Waals surface area contributed by atoms with Gasteiger partial charge in [0.15, 0.2) is 0 Å². The van der Waals surface area contributed by atoms with Crippen LogP contribution in [0.4, 0.5) is 0 Å². The topological polar surface area (TPSA) is 24.5 Å². The zero-order valence-corrected chi connectivity index (χ0v) is 12.5. The van der Waals surface area contributed by atoms with Gasteiger partial charge in [0, 0.05) is 25.2 Å². The van der Waals surface area contributed by atoms with Gasteiger partial charge < -0.3 is 15.0 Å². The lowest BCUT2D eigenvalue weighted by molar-refractivity contribution is 0.00438. The summed E-state index contributed by atoms with van der Waals surface area (Å²) in [7, 11) is 6.19. The average molecular weight is 242 g/mol. The molecule has 0 amide bonds. The second-order valence-corrected chi connectivity index (χ2v) is 6.42. The fourth-order valence-electron chi connectivity index (χ4n) is 2.62. The van der Waals surface area contributed by atoms with E-state index < -0.39 is 0 Å². The van der Waals surface area contributed by atoms with Gasteiger partial charge in [0.05, 0.1) is 5.60 Å². The Morgan fingerprint density at radius 2 is 1.94 bits per heavy atom. The third-order valence-corrected chi connectivity index (χ3v) is 4.36. The zero-order valence-electron chi connectivity index (χ0n) is 12.5. The number of nitrogens with one attached hydrogen (secondary N) is 1. The first-order valence-electron chi connectivity index (χ1n) is 6.77. The average Bonchev–Trinajstić information content (AvgIpc) is 2.14. The highest BCUT2D eigenvalue weighted by atomic mass is 16.5. The third kappa shape index (κ3) is 3.94. The van der Waals surface area contributed by atoms with Crippen LogP contribution in [0.25, 0.3) is 0 Å². The molecule has 1 unspecified atom stereocenters. The highest BCUT2D eigenvalue weighted by Crippen LogP contribution is 2.35. The van der Waals surface area contributed by atoms with Crippen LogP contribution in [0.5, 0.6) is 0 Å². The molecule has 0 aromatic carbocycles. The molecule has 0 aromatic rings. The number of methoxy groups -OCH3 is 1. The van der Waals surface area contributed by atoms with Gasteiger partial charge in [0.1, 0.15) is 0 Å². The Labute approximate surface area is 107 Å². The van der Waals surface area contributed by atoms with Gasteiger partial charge in [0.25, 0.3) is 0 Å². The number of hydrogen-bond donors (Lipinski definition) is 1. The van der Waals surface area contributed by atoms with Crippen LogP contribution in [0.15, 0.2) is 0 Å². The summed E-state index contributed by atoms with van der Waals surface area (Å²) in [6.07, 6.45) is 5.07. The molecule has 0 spiro atoms. The van der Waals surface area contributed by atoms with E-state index >= 15 is 0 Å². The van der Waals surface area contributed by atoms with Crippen molar-refractivity contribution in [1.29, 1.82) is 0 Å². The Morgan fingerprint density at radius 3 is 2.29 bits per heavy atom. The van der Waals surface area contributed by atoms with Crippen molar-refractivity contribution in [2.24, 2.45) is 0 Å². The van der Waals surface area contributed by atoms with Crippen molar-refractivity contribution in [2.45, 2.75) is 63.6 Å². The SMILES string of the molecule is COC(C)(C)CC(C)NCC1(N(C)C)CCC1. The third-order valence-electron chi connectivity index (χ3n) is 4.36. The van der Waals surface area contributed by atoms with E-state index in [4.69, 9.17) is 4.74 Å². The molecule has 0 aromatic heterocycles. The monoisotopic (exact) mass is 242 g/mol. The Bertz CT molecular complexity index is 234. The summed E-state index contributed by atoms with van der Waals surface area (Å²) < 4.78 is 5.48. The molecule has 1 atom stereocenters. The minimum Gasteiger partial charge on any atom is -0.379 e. The molecule has 1 aliphatic rings. The molecular formula is C14H30N2O. The second kappa shape index (κ2) is 5.68. The summed E-state index contributed by atoms with van der Waals surface area (Å²) in [4.78, 5) is 2.39. The van der Waals surface area contributed by atoms with Crippen molar-refractivity contribution in [3.63, 3.8) is 0 Å². The lowest BCUT2D eigenvalue weighted by Crippen LogP contribution is -2.57. The van der Waals surface area contributed by atoms with Crippen molar-refractivity contribution in [3.8, 4) is 0 Å². The molecule has 3 heteroatoms. The maximum Gasteiger partial charge on any atom is 0.0637 e. The van der Waals surface area contributed by atoms with Crippen molar-refractivity contribution >= 4 is 0 Å². The largest absolute Gasteiger partial charge is 0.379 e. The molecule has 102 valence electrons. The molecule has 0 aliphatic heterocycles. The fourth-order valence-corrected chi connectivity index (χ4v) is 2.62. The van der Waals surface area contributed by atoms with Crippen molar-refractivity contribution in [1.82, 2.24) is 10.2 Å². The highest BCUT2D eigenvalue weighted by Gasteiger charge is 2.39. The zero-order chi connectivity index (χ0) is 13.1. The first kappa shape index (κ1) is 14.9. The van der Waals surface area contributed by atoms with Crippen LogP contribution in [0.2, 0.25) is 0 Å². The Morgan fingerprint density at radius 1 is 1.35 bits per heavy atom. The van der Waals surface area contributed by atoms with Gasteiger partial charge in [-0.25, -0.2) is 0 Å². The van der Waals surface area contributed by atoms with Crippen LogP contribution in [-0.2, 0) is 4.74 Å². The quantitative estimate of drug-likeness (QED) is 0.741. The molecule has 1 rings (SSSR count). The minimum absolute atomic E-state index is 0.0304. The van der Waals surface area contributed by atoms with E-state index in [1.807, 2.05) is 0 Å². The van der Waals surface area contributed by atoms with Crippen LogP contribution >= 0.6 is 0 Å². The summed E-state index contributed by atoms with van der Waals surface area (Å²) in [6.45, 7) is 7.65. The van der Waals surface area contributed by atoms with Gasteiger partial charge in [-0.1, -0.05) is 0 Å². The number of rotatable bonds is 7. The van der Waals surface area contributed by atoms with Crippen molar-refractivity contribution in [2.75, 3.05) is 27.7 Å². The molecular weight excluding hydrogens is 212 g/mol. The van der Waals surface area contributed by atoms with Gasteiger partial charge in [-0.3, -0.25) is 0 Å². The van der Waals surface area contributed by atoms with Crippen LogP contribution < -0.4 is 5.32 Å². The summed E-state index contributed by atoms with van der Waals surface area (Å²) >= 11 is 0. The van der Waals surface area contributed by atoms with E-state index in [-0.39, 0.29) is 5.60 Å². The molecule has 1 saturated carbocycles. The van der Waals surface area contributed by atoms with E-state index in [9.17, 15) is 0 Å². The van der Waals surface area contributed by atoms with E-state index in [2.05, 4.69) is 45.1 Å². The van der Waals surface area contributed by atoms with Crippen LogP contribution in [0.3, 0.4) is 0 Å². The summed E-state index contributed by atoms with van der Waals surface area (Å²) in [5, 5.41) is 3.68. The van der Waals surface area contributed by atoms with Gasteiger partial charge in [0.2, 0.25) is 0 Å². The smallest absolute Gasteiger partial charge is 0.0637 e. The number of ether oxygens (including phenoxy) is 1. The van der Waals surface area contributed by atoms with E-state index in [1.165, 1.54) is 19.3 Å². The molecule has 0 radical (unpaired) electrons. The highest BCUT2D eigenvalue weighted by molar-refractivity contribution is 4.98. The van der Waals surface area contributed by atoms with Gasteiger partial charge in [-0.2, -0.15) is 0 Å². The molecule has 1 fully saturated rings. The van der Waals surface area contributed by atoms with E-state index in [0.29, 0.717) is 11.6 Å². The number of likely N-dealkylation sites (N-methyl/N-ethyl adjacent to an activating group) is 1. The summed E-state index contributed by atoms with van der Waals surface area (Å²) in [6, 6.07) is 0.502. The summed E-state index contributed by atoms with van der Waals surface area (Å²) in [5.41, 5.74) is 0.378. The molecule has 17 heavy (non-hydrogen) atoms. The molecule has 3 nitrogen and oxygen atoms in total. The van der Waals surface area contributed by atoms with E-state index in [1.54, 1.807) is 7.11 Å². The predicted molar refractivity (Wildman–Crippen MR) is 73.4 cm³/mol. The molecule has 1 N–H and O–H groups in total. The van der Waals surface area contributed by atoms with Gasteiger partial charge >= 0.3 is 0 Å². The molecule has 0 heterocycles. The maximum absolute atomic E-state index is 5.48. The predicted octanol–water partition coefficient (Wildman–Crippen LogP) is 2.26. The number of nitrogens with zero attached hydrogens (tertiary/aromatic N) is 1. The van der Waals surface area contributed by atoms with Gasteiger partial charge in [-0.05, 0) is 60.5 Å².